The Morgan fingerprint density at radius 1 is 1.18 bits per heavy atom. The lowest BCUT2D eigenvalue weighted by Gasteiger charge is -2.15. The third-order valence-corrected chi connectivity index (χ3v) is 3.45. The Kier molecular flexibility index (Phi) is 6.59. The number of halogens is 1. The van der Waals surface area contributed by atoms with Crippen molar-refractivity contribution in [1.29, 1.82) is 0 Å². The number of carbonyl (C=O) groups excluding carboxylic acids is 1. The molecule has 1 aromatic carbocycles. The van der Waals surface area contributed by atoms with Crippen LogP contribution >= 0.6 is 12.4 Å². The first-order chi connectivity index (χ1) is 10.0. The van der Waals surface area contributed by atoms with Gasteiger partial charge in [0, 0.05) is 24.5 Å². The summed E-state index contributed by atoms with van der Waals surface area (Å²) in [5.41, 5.74) is 2.90. The number of hydrogen-bond donors (Lipinski definition) is 2. The molecular weight excluding hydrogens is 300 g/mol. The minimum Gasteiger partial charge on any atom is -0.324 e. The summed E-state index contributed by atoms with van der Waals surface area (Å²) < 4.78 is 1.68. The maximum atomic E-state index is 12.4. The first-order valence-electron chi connectivity index (χ1n) is 7.08. The average molecular weight is 323 g/mol. The van der Waals surface area contributed by atoms with Crippen LogP contribution in [0.4, 0.5) is 5.69 Å². The van der Waals surface area contributed by atoms with Crippen LogP contribution in [0.3, 0.4) is 0 Å². The topological polar surface area (TPSA) is 59.0 Å². The first-order valence-corrected chi connectivity index (χ1v) is 7.08. The number of nitrogens with one attached hydrogen (secondary N) is 2. The van der Waals surface area contributed by atoms with Crippen LogP contribution in [0, 0.1) is 0 Å². The molecule has 1 atom stereocenters. The molecule has 0 saturated heterocycles. The van der Waals surface area contributed by atoms with Crippen LogP contribution in [0.15, 0.2) is 36.7 Å². The normalized spacial score (nSPS) is 11.9. The van der Waals surface area contributed by atoms with Gasteiger partial charge in [0.2, 0.25) is 5.91 Å². The fourth-order valence-corrected chi connectivity index (χ4v) is 2.20. The van der Waals surface area contributed by atoms with Crippen molar-refractivity contribution in [2.75, 3.05) is 12.4 Å². The van der Waals surface area contributed by atoms with Gasteiger partial charge in [-0.1, -0.05) is 26.0 Å². The van der Waals surface area contributed by atoms with E-state index in [9.17, 15) is 4.79 Å². The second kappa shape index (κ2) is 7.96. The van der Waals surface area contributed by atoms with Crippen molar-refractivity contribution < 1.29 is 4.79 Å². The van der Waals surface area contributed by atoms with Crippen molar-refractivity contribution in [2.45, 2.75) is 25.8 Å². The number of nitrogens with zero attached hydrogens (tertiary/aromatic N) is 2. The molecule has 0 radical (unpaired) electrons. The van der Waals surface area contributed by atoms with E-state index in [0.717, 1.165) is 11.3 Å². The molecular formula is C16H23ClN4O. The van der Waals surface area contributed by atoms with Gasteiger partial charge in [0.25, 0.3) is 0 Å². The standard InChI is InChI=1S/C16H22N4O.ClH/c1-11(2)12-5-7-14(8-6-12)19-16(21)15(17-3)13-9-18-20(4)10-13;/h5-11,15,17H,1-4H3,(H,19,21);1H. The van der Waals surface area contributed by atoms with E-state index in [1.807, 2.05) is 37.5 Å². The summed E-state index contributed by atoms with van der Waals surface area (Å²) in [5, 5.41) is 10.0. The van der Waals surface area contributed by atoms with Crippen molar-refractivity contribution in [3.8, 4) is 0 Å². The molecule has 2 N–H and O–H groups in total. The number of aromatic nitrogens is 2. The highest BCUT2D eigenvalue weighted by atomic mass is 35.5. The maximum absolute atomic E-state index is 12.4. The molecule has 2 rings (SSSR count). The highest BCUT2D eigenvalue weighted by molar-refractivity contribution is 5.95. The highest BCUT2D eigenvalue weighted by Gasteiger charge is 2.20. The average Bonchev–Trinajstić information content (AvgIpc) is 2.86. The van der Waals surface area contributed by atoms with E-state index >= 15 is 0 Å². The summed E-state index contributed by atoms with van der Waals surface area (Å²) in [6.45, 7) is 4.29. The van der Waals surface area contributed by atoms with Gasteiger partial charge in [-0.15, -0.1) is 12.4 Å². The Bertz CT molecular complexity index is 607. The number of aryl methyl sites for hydroxylation is 1. The zero-order valence-electron chi connectivity index (χ0n) is 13.3. The van der Waals surface area contributed by atoms with E-state index < -0.39 is 6.04 Å². The summed E-state index contributed by atoms with van der Waals surface area (Å²) in [6, 6.07) is 7.53. The lowest BCUT2D eigenvalue weighted by molar-refractivity contribution is -0.118. The van der Waals surface area contributed by atoms with Crippen LogP contribution in [-0.2, 0) is 11.8 Å². The minimum absolute atomic E-state index is 0. The van der Waals surface area contributed by atoms with Gasteiger partial charge < -0.3 is 10.6 Å². The van der Waals surface area contributed by atoms with Gasteiger partial charge in [-0.2, -0.15) is 5.10 Å². The molecule has 1 heterocycles. The van der Waals surface area contributed by atoms with Crippen LogP contribution in [0.25, 0.3) is 0 Å². The van der Waals surface area contributed by atoms with Gasteiger partial charge >= 0.3 is 0 Å². The molecule has 6 heteroatoms. The molecule has 0 aliphatic carbocycles. The van der Waals surface area contributed by atoms with Gasteiger partial charge in [-0.3, -0.25) is 9.48 Å². The SMILES string of the molecule is CNC(C(=O)Nc1ccc(C(C)C)cc1)c1cnn(C)c1.Cl. The minimum atomic E-state index is -0.413. The molecule has 0 aliphatic rings. The molecule has 0 saturated carbocycles. The summed E-state index contributed by atoms with van der Waals surface area (Å²) in [4.78, 5) is 12.4. The molecule has 5 nitrogen and oxygen atoms in total. The zero-order valence-corrected chi connectivity index (χ0v) is 14.1. The number of rotatable bonds is 5. The third kappa shape index (κ3) is 4.32. The molecule has 1 aromatic heterocycles. The fraction of sp³-hybridized carbons (Fsp3) is 0.375. The number of anilines is 1. The van der Waals surface area contributed by atoms with E-state index in [2.05, 4.69) is 29.6 Å². The molecule has 0 aliphatic heterocycles. The summed E-state index contributed by atoms with van der Waals surface area (Å²) >= 11 is 0. The van der Waals surface area contributed by atoms with Crippen molar-refractivity contribution in [3.05, 3.63) is 47.8 Å². The van der Waals surface area contributed by atoms with Crippen LogP contribution in [0.5, 0.6) is 0 Å². The summed E-state index contributed by atoms with van der Waals surface area (Å²) in [7, 11) is 3.60. The van der Waals surface area contributed by atoms with E-state index in [1.165, 1.54) is 5.56 Å². The second-order valence-corrected chi connectivity index (χ2v) is 5.43. The van der Waals surface area contributed by atoms with Crippen LogP contribution in [0.2, 0.25) is 0 Å². The number of amides is 1. The van der Waals surface area contributed by atoms with Crippen LogP contribution < -0.4 is 10.6 Å². The van der Waals surface area contributed by atoms with Gasteiger partial charge in [-0.05, 0) is 30.7 Å². The number of likely N-dealkylation sites (N-methyl/N-ethyl adjacent to an activating group) is 1. The maximum Gasteiger partial charge on any atom is 0.246 e. The molecule has 0 fully saturated rings. The number of hydrogen-bond acceptors (Lipinski definition) is 3. The Morgan fingerprint density at radius 3 is 2.27 bits per heavy atom. The number of carbonyl (C=O) groups is 1. The van der Waals surface area contributed by atoms with Crippen molar-refractivity contribution >= 4 is 24.0 Å². The molecule has 1 amide bonds. The summed E-state index contributed by atoms with van der Waals surface area (Å²) in [5.74, 6) is 0.387. The van der Waals surface area contributed by atoms with E-state index in [0.29, 0.717) is 5.92 Å². The Hall–Kier alpha value is -1.85. The lowest BCUT2D eigenvalue weighted by Crippen LogP contribution is -2.30. The predicted molar refractivity (Wildman–Crippen MR) is 91.4 cm³/mol. The van der Waals surface area contributed by atoms with Crippen LogP contribution in [-0.4, -0.2) is 22.7 Å². The van der Waals surface area contributed by atoms with Gasteiger partial charge in [0.1, 0.15) is 6.04 Å². The molecule has 0 bridgehead atoms. The quantitative estimate of drug-likeness (QED) is 0.890. The largest absolute Gasteiger partial charge is 0.324 e. The molecule has 120 valence electrons. The van der Waals surface area contributed by atoms with E-state index in [4.69, 9.17) is 0 Å². The molecule has 1 unspecified atom stereocenters. The zero-order chi connectivity index (χ0) is 15.4. The summed E-state index contributed by atoms with van der Waals surface area (Å²) in [6.07, 6.45) is 3.53. The fourth-order valence-electron chi connectivity index (χ4n) is 2.20. The number of benzene rings is 1. The van der Waals surface area contributed by atoms with Crippen molar-refractivity contribution in [2.24, 2.45) is 7.05 Å². The first kappa shape index (κ1) is 18.2. The van der Waals surface area contributed by atoms with Gasteiger partial charge in [0.15, 0.2) is 0 Å². The second-order valence-electron chi connectivity index (χ2n) is 5.43. The Morgan fingerprint density at radius 2 is 1.82 bits per heavy atom. The molecule has 2 aromatic rings. The highest BCUT2D eigenvalue weighted by Crippen LogP contribution is 2.19. The molecule has 0 spiro atoms. The smallest absolute Gasteiger partial charge is 0.246 e. The van der Waals surface area contributed by atoms with E-state index in [-0.39, 0.29) is 18.3 Å². The van der Waals surface area contributed by atoms with Crippen molar-refractivity contribution in [1.82, 2.24) is 15.1 Å². The predicted octanol–water partition coefficient (Wildman–Crippen LogP) is 2.86. The molecule has 22 heavy (non-hydrogen) atoms. The van der Waals surface area contributed by atoms with Crippen LogP contribution in [0.1, 0.15) is 36.9 Å². The Labute approximate surface area is 137 Å². The van der Waals surface area contributed by atoms with Crippen molar-refractivity contribution in [3.63, 3.8) is 0 Å². The van der Waals surface area contributed by atoms with E-state index in [1.54, 1.807) is 17.9 Å². The Balaban J connectivity index is 0.00000242. The van der Waals surface area contributed by atoms with Gasteiger partial charge in [-0.25, -0.2) is 0 Å². The van der Waals surface area contributed by atoms with Gasteiger partial charge in [0.05, 0.1) is 6.20 Å². The third-order valence-electron chi connectivity index (χ3n) is 3.45. The lowest BCUT2D eigenvalue weighted by atomic mass is 10.0. The monoisotopic (exact) mass is 322 g/mol.